The van der Waals surface area contributed by atoms with Gasteiger partial charge in [-0.3, -0.25) is 4.79 Å². The van der Waals surface area contributed by atoms with E-state index < -0.39 is 10.0 Å². The van der Waals surface area contributed by atoms with Gasteiger partial charge in [0.25, 0.3) is 5.56 Å². The van der Waals surface area contributed by atoms with Crippen molar-refractivity contribution >= 4 is 15.5 Å². The molecule has 0 bridgehead atoms. The molecule has 0 aliphatic carbocycles. The van der Waals surface area contributed by atoms with Crippen LogP contribution in [0.3, 0.4) is 0 Å². The van der Waals surface area contributed by atoms with E-state index in [-0.39, 0.29) is 22.8 Å². The number of imidazole rings is 1. The minimum atomic E-state index is -3.91. The number of rotatable bonds is 10. The van der Waals surface area contributed by atoms with Crippen LogP contribution in [0.4, 0.5) is 0 Å². The highest BCUT2D eigenvalue weighted by molar-refractivity contribution is 7.89. The van der Waals surface area contributed by atoms with E-state index >= 15 is 0 Å². The molecule has 11 heteroatoms. The first-order chi connectivity index (χ1) is 17.3. The number of aromatic nitrogens is 4. The smallest absolute Gasteiger partial charge is 0.277 e. The van der Waals surface area contributed by atoms with Crippen molar-refractivity contribution in [1.82, 2.24) is 24.3 Å². The van der Waals surface area contributed by atoms with Crippen LogP contribution >= 0.6 is 0 Å². The summed E-state index contributed by atoms with van der Waals surface area (Å²) in [6, 6.07) is 11.6. The summed E-state index contributed by atoms with van der Waals surface area (Å²) in [4.78, 5) is 20.2. The Bertz CT molecular complexity index is 1560. The first kappa shape index (κ1) is 25.4. The highest BCUT2D eigenvalue weighted by Gasteiger charge is 2.21. The highest BCUT2D eigenvalue weighted by atomic mass is 32.2. The Morgan fingerprint density at radius 2 is 1.89 bits per heavy atom. The van der Waals surface area contributed by atoms with Crippen molar-refractivity contribution in [3.63, 3.8) is 0 Å². The highest BCUT2D eigenvalue weighted by Crippen LogP contribution is 2.30. The number of hydrogen-bond donors (Lipinski definition) is 2. The number of H-pyrrole nitrogens is 1. The summed E-state index contributed by atoms with van der Waals surface area (Å²) in [6.45, 7) is 6.00. The minimum Gasteiger partial charge on any atom is -0.496 e. The van der Waals surface area contributed by atoms with Crippen LogP contribution in [0, 0.1) is 6.92 Å². The lowest BCUT2D eigenvalue weighted by molar-refractivity contribution is 0.341. The van der Waals surface area contributed by atoms with Crippen LogP contribution < -0.4 is 19.8 Å². The second-order valence-corrected chi connectivity index (χ2v) is 9.92. The number of para-hydroxylation sites is 1. The summed E-state index contributed by atoms with van der Waals surface area (Å²) in [7, 11) is -2.38. The van der Waals surface area contributed by atoms with Crippen LogP contribution in [-0.4, -0.2) is 41.7 Å². The number of aromatic amines is 1. The molecular weight excluding hydrogens is 482 g/mol. The molecule has 10 nitrogen and oxygen atoms in total. The van der Waals surface area contributed by atoms with Gasteiger partial charge in [-0.15, -0.1) is 5.10 Å². The van der Waals surface area contributed by atoms with Crippen LogP contribution in [0.1, 0.15) is 37.4 Å². The maximum absolute atomic E-state index is 13.2. The lowest BCUT2D eigenvalue weighted by atomic mass is 10.2. The molecule has 2 N–H and O–H groups in total. The largest absolute Gasteiger partial charge is 0.496 e. The Hall–Kier alpha value is -3.70. The van der Waals surface area contributed by atoms with Gasteiger partial charge in [0.05, 0.1) is 29.9 Å². The molecule has 190 valence electrons. The average Bonchev–Trinajstić information content (AvgIpc) is 3.19. The standard InChI is InChI=1S/C25H29N5O5S/c1-5-9-22-27-16(3)23-25(31)28-24(29-30(22)23)19-14-18(12-13-21(19)35-6-2)36(32,33)26-15-17-10-7-8-11-20(17)34-4/h7-8,10-14,26H,5-6,9,15H2,1-4H3,(H,28,29,31). The normalized spacial score (nSPS) is 11.7. The van der Waals surface area contributed by atoms with Crippen molar-refractivity contribution in [2.75, 3.05) is 13.7 Å². The van der Waals surface area contributed by atoms with Crippen molar-refractivity contribution in [1.29, 1.82) is 0 Å². The molecule has 2 heterocycles. The topological polar surface area (TPSA) is 128 Å². The molecule has 0 fully saturated rings. The minimum absolute atomic E-state index is 0.00851. The molecule has 0 atom stereocenters. The molecule has 0 radical (unpaired) electrons. The molecule has 2 aromatic heterocycles. The van der Waals surface area contributed by atoms with E-state index in [1.807, 2.05) is 26.0 Å². The van der Waals surface area contributed by atoms with Crippen LogP contribution in [0.2, 0.25) is 0 Å². The number of nitrogens with one attached hydrogen (secondary N) is 2. The van der Waals surface area contributed by atoms with Gasteiger partial charge in [0, 0.05) is 18.5 Å². The Morgan fingerprint density at radius 1 is 1.11 bits per heavy atom. The Labute approximate surface area is 209 Å². The molecule has 0 saturated carbocycles. The molecule has 0 saturated heterocycles. The number of sulfonamides is 1. The van der Waals surface area contributed by atoms with Gasteiger partial charge in [0.1, 0.15) is 17.3 Å². The molecule has 0 unspecified atom stereocenters. The number of fused-ring (bicyclic) bond motifs is 1. The predicted molar refractivity (Wildman–Crippen MR) is 136 cm³/mol. The van der Waals surface area contributed by atoms with Gasteiger partial charge >= 0.3 is 0 Å². The third-order valence-corrected chi connectivity index (χ3v) is 7.08. The molecule has 2 aromatic carbocycles. The summed E-state index contributed by atoms with van der Waals surface area (Å²) in [5.74, 6) is 1.84. The molecule has 4 rings (SSSR count). The lowest BCUT2D eigenvalue weighted by Crippen LogP contribution is -2.23. The van der Waals surface area contributed by atoms with E-state index in [4.69, 9.17) is 9.47 Å². The zero-order valence-electron chi connectivity index (χ0n) is 20.7. The van der Waals surface area contributed by atoms with Gasteiger partial charge in [0.2, 0.25) is 10.0 Å². The van der Waals surface area contributed by atoms with Gasteiger partial charge in [-0.25, -0.2) is 22.6 Å². The van der Waals surface area contributed by atoms with E-state index in [9.17, 15) is 13.2 Å². The first-order valence-electron chi connectivity index (χ1n) is 11.7. The predicted octanol–water partition coefficient (Wildman–Crippen LogP) is 3.23. The van der Waals surface area contributed by atoms with Gasteiger partial charge in [-0.2, -0.15) is 0 Å². The molecule has 0 spiro atoms. The van der Waals surface area contributed by atoms with Crippen LogP contribution in [0.25, 0.3) is 16.9 Å². The number of aryl methyl sites for hydroxylation is 2. The van der Waals surface area contributed by atoms with Crippen molar-refractivity contribution < 1.29 is 17.9 Å². The number of benzene rings is 2. The van der Waals surface area contributed by atoms with Gasteiger partial charge in [-0.1, -0.05) is 25.1 Å². The van der Waals surface area contributed by atoms with E-state index in [2.05, 4.69) is 19.8 Å². The second-order valence-electron chi connectivity index (χ2n) is 8.15. The van der Waals surface area contributed by atoms with Crippen molar-refractivity contribution in [3.05, 3.63) is 69.9 Å². The van der Waals surface area contributed by atoms with Crippen LogP contribution in [-0.2, 0) is 23.0 Å². The average molecular weight is 512 g/mol. The van der Waals surface area contributed by atoms with Crippen molar-refractivity contribution in [2.24, 2.45) is 0 Å². The summed E-state index contributed by atoms with van der Waals surface area (Å²) >= 11 is 0. The summed E-state index contributed by atoms with van der Waals surface area (Å²) in [5.41, 5.74) is 1.63. The molecule has 0 amide bonds. The van der Waals surface area contributed by atoms with E-state index in [0.29, 0.717) is 52.7 Å². The maximum atomic E-state index is 13.2. The van der Waals surface area contributed by atoms with Gasteiger partial charge in [-0.05, 0) is 44.5 Å². The van der Waals surface area contributed by atoms with E-state index in [1.54, 1.807) is 25.1 Å². The fraction of sp³-hybridized carbons (Fsp3) is 0.320. The fourth-order valence-corrected chi connectivity index (χ4v) is 5.02. The molecule has 0 aliphatic heterocycles. The third kappa shape index (κ3) is 4.98. The zero-order chi connectivity index (χ0) is 25.9. The molecule has 36 heavy (non-hydrogen) atoms. The van der Waals surface area contributed by atoms with Crippen LogP contribution in [0.15, 0.2) is 52.2 Å². The van der Waals surface area contributed by atoms with E-state index in [0.717, 1.165) is 6.42 Å². The SMILES string of the molecule is CCCc1nc(C)c2c(=O)[nH]c(-c3cc(S(=O)(=O)NCc4ccccc4OC)ccc3OCC)nn12. The lowest BCUT2D eigenvalue weighted by Gasteiger charge is -2.14. The van der Waals surface area contributed by atoms with Crippen LogP contribution in [0.5, 0.6) is 11.5 Å². The van der Waals surface area contributed by atoms with Gasteiger partial charge in [0.15, 0.2) is 11.3 Å². The number of hydrogen-bond acceptors (Lipinski definition) is 7. The number of ether oxygens (including phenoxy) is 2. The van der Waals surface area contributed by atoms with Crippen molar-refractivity contribution in [3.8, 4) is 22.9 Å². The second kappa shape index (κ2) is 10.5. The Balaban J connectivity index is 1.77. The van der Waals surface area contributed by atoms with E-state index in [1.165, 1.54) is 23.8 Å². The maximum Gasteiger partial charge on any atom is 0.277 e. The number of methoxy groups -OCH3 is 1. The summed E-state index contributed by atoms with van der Waals surface area (Å²) < 4.78 is 41.5. The van der Waals surface area contributed by atoms with Crippen molar-refractivity contribution in [2.45, 2.75) is 45.1 Å². The van der Waals surface area contributed by atoms with Gasteiger partial charge < -0.3 is 14.5 Å². The Morgan fingerprint density at radius 3 is 2.61 bits per heavy atom. The molecular formula is C25H29N5O5S. The number of nitrogens with zero attached hydrogens (tertiary/aromatic N) is 3. The quantitative estimate of drug-likeness (QED) is 0.335. The molecule has 0 aliphatic rings. The summed E-state index contributed by atoms with van der Waals surface area (Å²) in [6.07, 6.45) is 1.47. The monoisotopic (exact) mass is 511 g/mol. The fourth-order valence-electron chi connectivity index (χ4n) is 3.99. The summed E-state index contributed by atoms with van der Waals surface area (Å²) in [5, 5.41) is 4.61. The molecule has 4 aromatic rings. The zero-order valence-corrected chi connectivity index (χ0v) is 21.5. The third-order valence-electron chi connectivity index (χ3n) is 5.68. The first-order valence-corrected chi connectivity index (χ1v) is 13.1. The Kier molecular flexibility index (Phi) is 7.41.